The predicted molar refractivity (Wildman–Crippen MR) is 143 cm³/mol. The summed E-state index contributed by atoms with van der Waals surface area (Å²) < 4.78 is 7.72. The SMILES string of the molecule is CC(C)OCCCNC(=O)[C@@H]1c2c(n(C)c3ccccc23)SCC(=O)N1c1ccc(C(C)C)cc1. The topological polar surface area (TPSA) is 63.6 Å². The van der Waals surface area contributed by atoms with Crippen LogP contribution in [0.2, 0.25) is 0 Å². The Bertz CT molecular complexity index is 1200. The van der Waals surface area contributed by atoms with Crippen molar-refractivity contribution in [1.29, 1.82) is 0 Å². The number of rotatable bonds is 8. The number of fused-ring (bicyclic) bond motifs is 3. The van der Waals surface area contributed by atoms with E-state index in [1.54, 1.807) is 4.90 Å². The molecule has 35 heavy (non-hydrogen) atoms. The van der Waals surface area contributed by atoms with E-state index in [-0.39, 0.29) is 23.7 Å². The number of benzene rings is 2. The molecule has 1 aromatic heterocycles. The molecule has 0 fully saturated rings. The Labute approximate surface area is 212 Å². The lowest BCUT2D eigenvalue weighted by Gasteiger charge is -2.30. The minimum Gasteiger partial charge on any atom is -0.379 e. The van der Waals surface area contributed by atoms with Crippen LogP contribution < -0.4 is 10.2 Å². The number of carbonyl (C=O) groups excluding carboxylic acids is 2. The molecule has 1 aliphatic heterocycles. The second-order valence-corrected chi connectivity index (χ2v) is 10.5. The second-order valence-electron chi connectivity index (χ2n) is 9.56. The van der Waals surface area contributed by atoms with Crippen LogP contribution in [0.5, 0.6) is 0 Å². The Morgan fingerprint density at radius 1 is 1.11 bits per heavy atom. The fourth-order valence-corrected chi connectivity index (χ4v) is 5.64. The van der Waals surface area contributed by atoms with Crippen LogP contribution in [0.3, 0.4) is 0 Å². The minimum atomic E-state index is -0.755. The number of nitrogens with one attached hydrogen (secondary N) is 1. The number of aryl methyl sites for hydroxylation is 1. The largest absolute Gasteiger partial charge is 0.379 e. The lowest BCUT2D eigenvalue weighted by molar-refractivity contribution is -0.125. The molecule has 1 atom stereocenters. The van der Waals surface area contributed by atoms with E-state index in [2.05, 4.69) is 29.8 Å². The van der Waals surface area contributed by atoms with Crippen molar-refractivity contribution in [3.05, 3.63) is 59.7 Å². The van der Waals surface area contributed by atoms with Crippen molar-refractivity contribution in [2.24, 2.45) is 7.05 Å². The van der Waals surface area contributed by atoms with E-state index in [1.807, 2.05) is 63.4 Å². The number of hydrogen-bond acceptors (Lipinski definition) is 4. The van der Waals surface area contributed by atoms with Crippen LogP contribution in [0.15, 0.2) is 53.6 Å². The number of hydrogen-bond donors (Lipinski definition) is 1. The van der Waals surface area contributed by atoms with Gasteiger partial charge in [-0.05, 0) is 49.9 Å². The van der Waals surface area contributed by atoms with E-state index in [4.69, 9.17) is 4.74 Å². The molecular formula is C28H35N3O3S. The summed E-state index contributed by atoms with van der Waals surface area (Å²) in [7, 11) is 2.00. The number of ether oxygens (including phenoxy) is 1. The summed E-state index contributed by atoms with van der Waals surface area (Å²) in [6, 6.07) is 15.4. The van der Waals surface area contributed by atoms with Crippen LogP contribution in [0.4, 0.5) is 5.69 Å². The summed E-state index contributed by atoms with van der Waals surface area (Å²) in [5, 5.41) is 5.05. The van der Waals surface area contributed by atoms with Crippen molar-refractivity contribution in [3.8, 4) is 0 Å². The molecule has 186 valence electrons. The van der Waals surface area contributed by atoms with Crippen molar-refractivity contribution >= 4 is 40.2 Å². The van der Waals surface area contributed by atoms with Gasteiger partial charge in [0.25, 0.3) is 0 Å². The van der Waals surface area contributed by atoms with E-state index in [0.717, 1.165) is 27.2 Å². The molecule has 7 heteroatoms. The molecule has 0 saturated heterocycles. The Hall–Kier alpha value is -2.77. The lowest BCUT2D eigenvalue weighted by atomic mass is 10.00. The summed E-state index contributed by atoms with van der Waals surface area (Å²) in [5.74, 6) is 0.415. The molecule has 0 radical (unpaired) electrons. The van der Waals surface area contributed by atoms with Gasteiger partial charge in [-0.3, -0.25) is 14.5 Å². The Morgan fingerprint density at radius 3 is 2.51 bits per heavy atom. The van der Waals surface area contributed by atoms with E-state index >= 15 is 0 Å². The average Bonchev–Trinajstić information content (AvgIpc) is 3.01. The van der Waals surface area contributed by atoms with Gasteiger partial charge in [-0.1, -0.05) is 55.9 Å². The van der Waals surface area contributed by atoms with Crippen LogP contribution in [0.25, 0.3) is 10.9 Å². The first-order valence-electron chi connectivity index (χ1n) is 12.3. The number of nitrogens with zero attached hydrogens (tertiary/aromatic N) is 2. The maximum absolute atomic E-state index is 13.8. The standard InChI is InChI=1S/C28H35N3O3S/c1-18(2)20-11-13-21(14-12-20)31-24(32)17-35-28-25(22-9-6-7-10-23(22)30(28)5)26(31)27(33)29-15-8-16-34-19(3)4/h6-7,9-14,18-19,26H,8,15-17H2,1-5H3,(H,29,33)/t26-/m0/s1. The van der Waals surface area contributed by atoms with Gasteiger partial charge in [0.05, 0.1) is 16.9 Å². The zero-order chi connectivity index (χ0) is 25.1. The van der Waals surface area contributed by atoms with Gasteiger partial charge in [-0.25, -0.2) is 0 Å². The lowest BCUT2D eigenvalue weighted by Crippen LogP contribution is -2.44. The molecule has 0 bridgehead atoms. The quantitative estimate of drug-likeness (QED) is 0.426. The van der Waals surface area contributed by atoms with E-state index in [0.29, 0.717) is 25.5 Å². The third-order valence-electron chi connectivity index (χ3n) is 6.38. The highest BCUT2D eigenvalue weighted by Gasteiger charge is 2.39. The van der Waals surface area contributed by atoms with E-state index in [9.17, 15) is 9.59 Å². The summed E-state index contributed by atoms with van der Waals surface area (Å²) >= 11 is 1.50. The second kappa shape index (κ2) is 10.9. The molecular weight excluding hydrogens is 458 g/mol. The van der Waals surface area contributed by atoms with Crippen molar-refractivity contribution in [1.82, 2.24) is 9.88 Å². The van der Waals surface area contributed by atoms with E-state index < -0.39 is 6.04 Å². The molecule has 0 aliphatic carbocycles. The number of para-hydroxylation sites is 1. The van der Waals surface area contributed by atoms with Crippen LogP contribution >= 0.6 is 11.8 Å². The molecule has 0 spiro atoms. The number of amides is 2. The first-order valence-corrected chi connectivity index (χ1v) is 13.3. The first-order chi connectivity index (χ1) is 16.8. The molecule has 1 N–H and O–H groups in total. The molecule has 0 unspecified atom stereocenters. The predicted octanol–water partition coefficient (Wildman–Crippen LogP) is 5.41. The Kier molecular flexibility index (Phi) is 7.87. The van der Waals surface area contributed by atoms with Crippen LogP contribution in [0.1, 0.15) is 57.2 Å². The van der Waals surface area contributed by atoms with Crippen molar-refractivity contribution in [3.63, 3.8) is 0 Å². The zero-order valence-electron chi connectivity index (χ0n) is 21.2. The average molecular weight is 494 g/mol. The normalized spacial score (nSPS) is 16.1. The number of carbonyl (C=O) groups is 2. The fraction of sp³-hybridized carbons (Fsp3) is 0.429. The monoisotopic (exact) mass is 493 g/mol. The highest BCUT2D eigenvalue weighted by atomic mass is 32.2. The van der Waals surface area contributed by atoms with Crippen molar-refractivity contribution in [2.75, 3.05) is 23.8 Å². The molecule has 2 amide bonds. The molecule has 0 saturated carbocycles. The number of aromatic nitrogens is 1. The molecule has 3 aromatic rings. The third kappa shape index (κ3) is 5.26. The molecule has 2 heterocycles. The molecule has 1 aliphatic rings. The molecule has 4 rings (SSSR count). The smallest absolute Gasteiger partial charge is 0.247 e. The summed E-state index contributed by atoms with van der Waals surface area (Å²) in [6.07, 6.45) is 0.870. The van der Waals surface area contributed by atoms with Crippen LogP contribution in [-0.2, 0) is 21.4 Å². The first kappa shape index (κ1) is 25.3. The molecule has 2 aromatic carbocycles. The number of anilines is 1. The maximum Gasteiger partial charge on any atom is 0.247 e. The third-order valence-corrected chi connectivity index (χ3v) is 7.54. The minimum absolute atomic E-state index is 0.0733. The van der Waals surface area contributed by atoms with Gasteiger partial charge in [-0.2, -0.15) is 0 Å². The Morgan fingerprint density at radius 2 is 1.83 bits per heavy atom. The summed E-state index contributed by atoms with van der Waals surface area (Å²) in [6.45, 7) is 9.35. The van der Waals surface area contributed by atoms with Gasteiger partial charge in [0.15, 0.2) is 0 Å². The number of thioether (sulfide) groups is 1. The zero-order valence-corrected chi connectivity index (χ0v) is 22.0. The van der Waals surface area contributed by atoms with Crippen LogP contribution in [-0.4, -0.2) is 41.4 Å². The van der Waals surface area contributed by atoms with Crippen molar-refractivity contribution < 1.29 is 14.3 Å². The van der Waals surface area contributed by atoms with Gasteiger partial charge >= 0.3 is 0 Å². The van der Waals surface area contributed by atoms with Crippen molar-refractivity contribution in [2.45, 2.75) is 57.2 Å². The van der Waals surface area contributed by atoms with Crippen LogP contribution in [0, 0.1) is 0 Å². The molecule has 6 nitrogen and oxygen atoms in total. The maximum atomic E-state index is 13.8. The van der Waals surface area contributed by atoms with E-state index in [1.165, 1.54) is 17.3 Å². The highest BCUT2D eigenvalue weighted by Crippen LogP contribution is 2.43. The summed E-state index contributed by atoms with van der Waals surface area (Å²) in [4.78, 5) is 29.0. The van der Waals surface area contributed by atoms with Gasteiger partial charge < -0.3 is 14.6 Å². The fourth-order valence-electron chi connectivity index (χ4n) is 4.57. The van der Waals surface area contributed by atoms with Gasteiger partial charge in [0.2, 0.25) is 11.8 Å². The van der Waals surface area contributed by atoms with Gasteiger partial charge in [-0.15, -0.1) is 0 Å². The van der Waals surface area contributed by atoms with Gasteiger partial charge in [0, 0.05) is 42.4 Å². The van der Waals surface area contributed by atoms with Gasteiger partial charge in [0.1, 0.15) is 6.04 Å². The Balaban J connectivity index is 1.76. The highest BCUT2D eigenvalue weighted by molar-refractivity contribution is 8.00. The summed E-state index contributed by atoms with van der Waals surface area (Å²) in [5.41, 5.74) is 3.88.